The molecule has 30 heavy (non-hydrogen) atoms. The minimum Gasteiger partial charge on any atom is -0.459 e. The summed E-state index contributed by atoms with van der Waals surface area (Å²) in [7, 11) is 0. The fourth-order valence-electron chi connectivity index (χ4n) is 3.29. The van der Waals surface area contributed by atoms with Gasteiger partial charge in [-0.2, -0.15) is 0 Å². The topological polar surface area (TPSA) is 106 Å². The van der Waals surface area contributed by atoms with Gasteiger partial charge in [-0.1, -0.05) is 12.1 Å². The number of amides is 2. The fourth-order valence-corrected chi connectivity index (χ4v) is 3.29. The lowest BCUT2D eigenvalue weighted by molar-refractivity contribution is -0.158. The Bertz CT molecular complexity index is 937. The fraction of sp³-hybridized carbons (Fsp3) is 0.364. The first kappa shape index (κ1) is 21.3. The van der Waals surface area contributed by atoms with Crippen molar-refractivity contribution in [2.24, 2.45) is 5.92 Å². The first-order valence-electron chi connectivity index (χ1n) is 9.80. The van der Waals surface area contributed by atoms with Crippen LogP contribution in [-0.4, -0.2) is 47.7 Å². The zero-order valence-corrected chi connectivity index (χ0v) is 16.9. The molecule has 0 bridgehead atoms. The molecule has 1 aliphatic rings. The largest absolute Gasteiger partial charge is 0.459 e. The van der Waals surface area contributed by atoms with Gasteiger partial charge in [-0.3, -0.25) is 19.2 Å². The van der Waals surface area contributed by atoms with Crippen molar-refractivity contribution in [2.45, 2.75) is 32.8 Å². The van der Waals surface area contributed by atoms with Crippen molar-refractivity contribution >= 4 is 29.3 Å². The van der Waals surface area contributed by atoms with E-state index in [2.05, 4.69) is 5.32 Å². The van der Waals surface area contributed by atoms with E-state index >= 15 is 0 Å². The summed E-state index contributed by atoms with van der Waals surface area (Å²) in [4.78, 5) is 50.4. The minimum absolute atomic E-state index is 0.114. The molecule has 8 heteroatoms. The maximum absolute atomic E-state index is 12.6. The summed E-state index contributed by atoms with van der Waals surface area (Å²) in [5.41, 5.74) is 0.921. The van der Waals surface area contributed by atoms with Gasteiger partial charge in [0.2, 0.25) is 0 Å². The highest BCUT2D eigenvalue weighted by Gasteiger charge is 2.32. The van der Waals surface area contributed by atoms with Crippen molar-refractivity contribution in [1.29, 1.82) is 0 Å². The number of benzene rings is 1. The van der Waals surface area contributed by atoms with Crippen LogP contribution in [0.15, 0.2) is 47.1 Å². The number of ether oxygens (including phenoxy) is 1. The Kier molecular flexibility index (Phi) is 6.66. The highest BCUT2D eigenvalue weighted by Crippen LogP contribution is 2.21. The zero-order chi connectivity index (χ0) is 21.7. The average Bonchev–Trinajstić information content (AvgIpc) is 3.28. The summed E-state index contributed by atoms with van der Waals surface area (Å²) in [6, 6.07) is 9.75. The number of rotatable bonds is 6. The van der Waals surface area contributed by atoms with Crippen molar-refractivity contribution in [1.82, 2.24) is 4.90 Å². The van der Waals surface area contributed by atoms with E-state index in [-0.39, 0.29) is 24.0 Å². The number of nitrogens with one attached hydrogen (secondary N) is 1. The smallest absolute Gasteiger partial charge is 0.311 e. The summed E-state index contributed by atoms with van der Waals surface area (Å²) >= 11 is 0. The number of Topliss-reactive ketones (excluding diaryl/α,β-unsaturated/α-hetero) is 1. The molecule has 2 aromatic rings. The van der Waals surface area contributed by atoms with Gasteiger partial charge in [0.05, 0.1) is 12.2 Å². The van der Waals surface area contributed by atoms with E-state index in [1.165, 1.54) is 20.1 Å². The van der Waals surface area contributed by atoms with Crippen molar-refractivity contribution in [3.05, 3.63) is 54.0 Å². The summed E-state index contributed by atoms with van der Waals surface area (Å²) in [6.45, 7) is 3.67. The molecule has 1 aromatic heterocycles. The van der Waals surface area contributed by atoms with Crippen molar-refractivity contribution in [3.63, 3.8) is 0 Å². The molecule has 1 N–H and O–H groups in total. The molecule has 0 saturated carbocycles. The molecule has 0 spiro atoms. The maximum atomic E-state index is 12.6. The second-order valence-corrected chi connectivity index (χ2v) is 7.27. The summed E-state index contributed by atoms with van der Waals surface area (Å²) in [5, 5.41) is 2.65. The SMILES string of the molecule is CC(=O)c1cccc(NC(=O)[C@H](C)OC(=O)[C@H]2CCCN(C(=O)c3ccco3)C2)c1. The normalized spacial score (nSPS) is 17.1. The van der Waals surface area contributed by atoms with E-state index in [1.807, 2.05) is 0 Å². The number of carbonyl (C=O) groups excluding carboxylic acids is 4. The summed E-state index contributed by atoms with van der Waals surface area (Å²) in [6.07, 6.45) is 1.64. The molecule has 0 unspecified atom stereocenters. The number of carbonyl (C=O) groups is 4. The molecule has 1 saturated heterocycles. The van der Waals surface area contributed by atoms with Crippen LogP contribution in [0.2, 0.25) is 0 Å². The summed E-state index contributed by atoms with van der Waals surface area (Å²) in [5.74, 6) is -1.68. The van der Waals surface area contributed by atoms with Gasteiger partial charge in [0.25, 0.3) is 11.8 Å². The molecule has 2 atom stereocenters. The van der Waals surface area contributed by atoms with Crippen LogP contribution in [0.1, 0.15) is 47.6 Å². The molecular formula is C22H24N2O6. The lowest BCUT2D eigenvalue weighted by Crippen LogP contribution is -2.44. The third-order valence-electron chi connectivity index (χ3n) is 4.97. The van der Waals surface area contributed by atoms with Crippen LogP contribution in [0.5, 0.6) is 0 Å². The van der Waals surface area contributed by atoms with Crippen LogP contribution in [0, 0.1) is 5.92 Å². The standard InChI is InChI=1S/C22H24N2O6/c1-14(25)16-6-3-8-18(12-16)23-20(26)15(2)30-22(28)17-7-4-10-24(13-17)21(27)19-9-5-11-29-19/h3,5-6,8-9,11-12,15,17H,4,7,10,13H2,1-2H3,(H,23,26)/t15-,17-/m0/s1. The van der Waals surface area contributed by atoms with Crippen LogP contribution in [0.4, 0.5) is 5.69 Å². The van der Waals surface area contributed by atoms with E-state index in [4.69, 9.17) is 9.15 Å². The molecule has 8 nitrogen and oxygen atoms in total. The number of likely N-dealkylation sites (tertiary alicyclic amines) is 1. The zero-order valence-electron chi connectivity index (χ0n) is 16.9. The first-order valence-corrected chi connectivity index (χ1v) is 9.80. The molecule has 1 aliphatic heterocycles. The van der Waals surface area contributed by atoms with Crippen LogP contribution >= 0.6 is 0 Å². The Balaban J connectivity index is 1.55. The van der Waals surface area contributed by atoms with E-state index in [9.17, 15) is 19.2 Å². The molecule has 2 heterocycles. The number of ketones is 1. The molecule has 0 radical (unpaired) electrons. The van der Waals surface area contributed by atoms with Crippen molar-refractivity contribution in [2.75, 3.05) is 18.4 Å². The quantitative estimate of drug-likeness (QED) is 0.578. The summed E-state index contributed by atoms with van der Waals surface area (Å²) < 4.78 is 10.5. The minimum atomic E-state index is -1.02. The van der Waals surface area contributed by atoms with Gasteiger partial charge in [0.15, 0.2) is 17.6 Å². The Labute approximate surface area is 174 Å². The lowest BCUT2D eigenvalue weighted by Gasteiger charge is -2.31. The third kappa shape index (κ3) is 5.14. The Morgan fingerprint density at radius 2 is 2.00 bits per heavy atom. The van der Waals surface area contributed by atoms with Crippen molar-refractivity contribution < 1.29 is 28.3 Å². The number of nitrogens with zero attached hydrogens (tertiary/aromatic N) is 1. The molecule has 1 fully saturated rings. The maximum Gasteiger partial charge on any atom is 0.311 e. The van der Waals surface area contributed by atoms with Gasteiger partial charge in [0.1, 0.15) is 0 Å². The van der Waals surface area contributed by atoms with Gasteiger partial charge in [-0.05, 0) is 51.0 Å². The molecular weight excluding hydrogens is 388 g/mol. The van der Waals surface area contributed by atoms with E-state index < -0.39 is 23.9 Å². The highest BCUT2D eigenvalue weighted by atomic mass is 16.5. The second kappa shape index (κ2) is 9.39. The Hall–Kier alpha value is -3.42. The highest BCUT2D eigenvalue weighted by molar-refractivity contribution is 5.98. The van der Waals surface area contributed by atoms with Gasteiger partial charge in [-0.15, -0.1) is 0 Å². The average molecular weight is 412 g/mol. The van der Waals surface area contributed by atoms with Crippen molar-refractivity contribution in [3.8, 4) is 0 Å². The number of anilines is 1. The number of piperidine rings is 1. The van der Waals surface area contributed by atoms with E-state index in [1.54, 1.807) is 41.3 Å². The van der Waals surface area contributed by atoms with Crippen LogP contribution in [-0.2, 0) is 14.3 Å². The molecule has 1 aromatic carbocycles. The predicted molar refractivity (Wildman–Crippen MR) is 108 cm³/mol. The van der Waals surface area contributed by atoms with Gasteiger partial charge >= 0.3 is 5.97 Å². The second-order valence-electron chi connectivity index (χ2n) is 7.27. The number of furan rings is 1. The van der Waals surface area contributed by atoms with Gasteiger partial charge in [0, 0.05) is 24.3 Å². The number of esters is 1. The Morgan fingerprint density at radius 1 is 1.20 bits per heavy atom. The van der Waals surface area contributed by atoms with E-state index in [0.29, 0.717) is 30.6 Å². The molecule has 2 amide bonds. The van der Waals surface area contributed by atoms with E-state index in [0.717, 1.165) is 0 Å². The lowest BCUT2D eigenvalue weighted by atomic mass is 9.98. The number of hydrogen-bond donors (Lipinski definition) is 1. The monoisotopic (exact) mass is 412 g/mol. The molecule has 0 aliphatic carbocycles. The number of hydrogen-bond acceptors (Lipinski definition) is 6. The first-order chi connectivity index (χ1) is 14.3. The van der Waals surface area contributed by atoms with Gasteiger partial charge in [-0.25, -0.2) is 0 Å². The predicted octanol–water partition coefficient (Wildman–Crippen LogP) is 2.90. The van der Waals surface area contributed by atoms with Crippen LogP contribution in [0.3, 0.4) is 0 Å². The van der Waals surface area contributed by atoms with Gasteiger partial charge < -0.3 is 19.4 Å². The molecule has 3 rings (SSSR count). The Morgan fingerprint density at radius 3 is 2.70 bits per heavy atom. The molecule has 158 valence electrons. The van der Waals surface area contributed by atoms with Crippen LogP contribution < -0.4 is 5.32 Å². The van der Waals surface area contributed by atoms with Crippen LogP contribution in [0.25, 0.3) is 0 Å². The third-order valence-corrected chi connectivity index (χ3v) is 4.97.